The Morgan fingerprint density at radius 3 is 2.82 bits per heavy atom. The van der Waals surface area contributed by atoms with E-state index in [1.807, 2.05) is 11.4 Å². The summed E-state index contributed by atoms with van der Waals surface area (Å²) in [6, 6.07) is 5.12. The van der Waals surface area contributed by atoms with Gasteiger partial charge in [-0.15, -0.1) is 11.3 Å². The van der Waals surface area contributed by atoms with Gasteiger partial charge in [-0.2, -0.15) is 0 Å². The molecule has 0 radical (unpaired) electrons. The molecule has 1 aromatic heterocycles. The lowest BCUT2D eigenvalue weighted by Gasteiger charge is -2.09. The van der Waals surface area contributed by atoms with Crippen LogP contribution in [0.4, 0.5) is 15.8 Å². The van der Waals surface area contributed by atoms with Crippen LogP contribution in [0.15, 0.2) is 28.1 Å². The smallest absolute Gasteiger partial charge is 0.128 e. The highest BCUT2D eigenvalue weighted by molar-refractivity contribution is 9.10. The van der Waals surface area contributed by atoms with E-state index in [0.717, 1.165) is 10.2 Å². The van der Waals surface area contributed by atoms with Crippen LogP contribution in [-0.2, 0) is 6.54 Å². The molecule has 0 fully saturated rings. The maximum absolute atomic E-state index is 13.2. The molecule has 0 unspecified atom stereocenters. The summed E-state index contributed by atoms with van der Waals surface area (Å²) >= 11 is 5.06. The van der Waals surface area contributed by atoms with E-state index in [1.54, 1.807) is 24.3 Å². The Bertz CT molecular complexity index is 539. The zero-order valence-corrected chi connectivity index (χ0v) is 11.7. The molecule has 2 nitrogen and oxygen atoms in total. The van der Waals surface area contributed by atoms with E-state index in [4.69, 9.17) is 5.73 Å². The van der Waals surface area contributed by atoms with Crippen molar-refractivity contribution in [2.45, 2.75) is 13.5 Å². The summed E-state index contributed by atoms with van der Waals surface area (Å²) in [4.78, 5) is 1.19. The van der Waals surface area contributed by atoms with Gasteiger partial charge in [0, 0.05) is 21.3 Å². The van der Waals surface area contributed by atoms with Crippen molar-refractivity contribution in [2.24, 2.45) is 0 Å². The second-order valence-corrected chi connectivity index (χ2v) is 5.68. The molecule has 0 saturated carbocycles. The lowest BCUT2D eigenvalue weighted by molar-refractivity contribution is 0.619. The van der Waals surface area contributed by atoms with Gasteiger partial charge < -0.3 is 11.1 Å². The summed E-state index contributed by atoms with van der Waals surface area (Å²) in [7, 11) is 0. The minimum atomic E-state index is -0.271. The number of nitrogens with one attached hydrogen (secondary N) is 1. The first kappa shape index (κ1) is 12.4. The summed E-state index contributed by atoms with van der Waals surface area (Å²) in [5.41, 5.74) is 7.55. The van der Waals surface area contributed by atoms with Gasteiger partial charge in [-0.05, 0) is 46.6 Å². The first-order valence-electron chi connectivity index (χ1n) is 5.08. The fourth-order valence-corrected chi connectivity index (χ4v) is 2.87. The van der Waals surface area contributed by atoms with Crippen LogP contribution < -0.4 is 11.1 Å². The number of nitrogen functional groups attached to an aromatic ring is 1. The average Bonchev–Trinajstić information content (AvgIpc) is 2.68. The van der Waals surface area contributed by atoms with E-state index in [2.05, 4.69) is 21.2 Å². The molecule has 1 heterocycles. The molecule has 17 heavy (non-hydrogen) atoms. The first-order valence-corrected chi connectivity index (χ1v) is 6.76. The molecule has 0 aliphatic rings. The fraction of sp³-hybridized carbons (Fsp3) is 0.167. The lowest BCUT2D eigenvalue weighted by atomic mass is 10.2. The van der Waals surface area contributed by atoms with Crippen LogP contribution in [0.3, 0.4) is 0 Å². The molecule has 5 heteroatoms. The third-order valence-electron chi connectivity index (χ3n) is 2.41. The van der Waals surface area contributed by atoms with Gasteiger partial charge in [0.1, 0.15) is 5.82 Å². The number of hydrogen-bond donors (Lipinski definition) is 2. The van der Waals surface area contributed by atoms with Crippen molar-refractivity contribution >= 4 is 38.6 Å². The summed E-state index contributed by atoms with van der Waals surface area (Å²) in [5, 5.41) is 5.23. The van der Waals surface area contributed by atoms with Crippen molar-refractivity contribution in [2.75, 3.05) is 11.1 Å². The number of hydrogen-bond acceptors (Lipinski definition) is 3. The topological polar surface area (TPSA) is 38.0 Å². The molecule has 0 aliphatic heterocycles. The largest absolute Gasteiger partial charge is 0.397 e. The molecule has 0 bridgehead atoms. The highest BCUT2D eigenvalue weighted by atomic mass is 79.9. The van der Waals surface area contributed by atoms with Crippen molar-refractivity contribution < 1.29 is 4.39 Å². The van der Waals surface area contributed by atoms with Crippen molar-refractivity contribution in [1.29, 1.82) is 0 Å². The zero-order valence-electron chi connectivity index (χ0n) is 9.26. The van der Waals surface area contributed by atoms with Gasteiger partial charge in [0.2, 0.25) is 0 Å². The minimum Gasteiger partial charge on any atom is -0.397 e. The van der Waals surface area contributed by atoms with Crippen LogP contribution in [0, 0.1) is 12.7 Å². The van der Waals surface area contributed by atoms with Crippen LogP contribution in [0.2, 0.25) is 0 Å². The van der Waals surface area contributed by atoms with Gasteiger partial charge in [0.05, 0.1) is 11.4 Å². The molecule has 0 spiro atoms. The van der Waals surface area contributed by atoms with Crippen LogP contribution in [0.5, 0.6) is 0 Å². The second kappa shape index (κ2) is 5.06. The third-order valence-corrected chi connectivity index (χ3v) is 4.10. The van der Waals surface area contributed by atoms with E-state index in [1.165, 1.54) is 10.9 Å². The number of aryl methyl sites for hydroxylation is 1. The van der Waals surface area contributed by atoms with Gasteiger partial charge in [-0.3, -0.25) is 0 Å². The molecule has 0 atom stereocenters. The molecule has 2 rings (SSSR count). The van der Waals surface area contributed by atoms with E-state index in [9.17, 15) is 4.39 Å². The van der Waals surface area contributed by atoms with Crippen molar-refractivity contribution in [3.05, 3.63) is 44.3 Å². The van der Waals surface area contributed by atoms with Crippen LogP contribution in [0.25, 0.3) is 0 Å². The van der Waals surface area contributed by atoms with Gasteiger partial charge >= 0.3 is 0 Å². The molecular weight excluding hydrogens is 303 g/mol. The molecule has 0 amide bonds. The first-order chi connectivity index (χ1) is 8.06. The summed E-state index contributed by atoms with van der Waals surface area (Å²) in [6.07, 6.45) is 0. The minimum absolute atomic E-state index is 0.271. The normalized spacial score (nSPS) is 10.5. The van der Waals surface area contributed by atoms with Gasteiger partial charge in [-0.25, -0.2) is 4.39 Å². The number of anilines is 2. The number of nitrogens with two attached hydrogens (primary N) is 1. The number of thiophene rings is 1. The monoisotopic (exact) mass is 314 g/mol. The predicted molar refractivity (Wildman–Crippen MR) is 74.9 cm³/mol. The van der Waals surface area contributed by atoms with Crippen LogP contribution in [0.1, 0.15) is 10.4 Å². The average molecular weight is 315 g/mol. The molecular formula is C12H12BrFN2S. The fourth-order valence-electron chi connectivity index (χ4n) is 1.48. The maximum Gasteiger partial charge on any atom is 0.128 e. The standard InChI is InChI=1S/C12H12BrFN2S/c1-7-2-12(11(15)4-10(7)14)16-5-9-3-8(13)6-17-9/h2-4,6,16H,5,15H2,1H3. The van der Waals surface area contributed by atoms with Crippen molar-refractivity contribution in [1.82, 2.24) is 0 Å². The summed E-state index contributed by atoms with van der Waals surface area (Å²) in [6.45, 7) is 2.41. The quantitative estimate of drug-likeness (QED) is 0.835. The predicted octanol–water partition coefficient (Wildman–Crippen LogP) is 4.15. The molecule has 0 saturated heterocycles. The van der Waals surface area contributed by atoms with E-state index in [-0.39, 0.29) is 5.82 Å². The SMILES string of the molecule is Cc1cc(NCc2cc(Br)cs2)c(N)cc1F. The maximum atomic E-state index is 13.2. The lowest BCUT2D eigenvalue weighted by Crippen LogP contribution is -2.02. The molecule has 3 N–H and O–H groups in total. The Balaban J connectivity index is 2.11. The Kier molecular flexibility index (Phi) is 3.69. The van der Waals surface area contributed by atoms with Crippen molar-refractivity contribution in [3.63, 3.8) is 0 Å². The Hall–Kier alpha value is -1.07. The van der Waals surface area contributed by atoms with E-state index in [0.29, 0.717) is 17.8 Å². The Morgan fingerprint density at radius 1 is 1.41 bits per heavy atom. The molecule has 90 valence electrons. The van der Waals surface area contributed by atoms with Gasteiger partial charge in [0.15, 0.2) is 0 Å². The third kappa shape index (κ3) is 2.98. The Morgan fingerprint density at radius 2 is 2.18 bits per heavy atom. The summed E-state index contributed by atoms with van der Waals surface area (Å²) in [5.74, 6) is -0.271. The highest BCUT2D eigenvalue weighted by Crippen LogP contribution is 2.25. The Labute approximate surface area is 112 Å². The zero-order chi connectivity index (χ0) is 12.4. The van der Waals surface area contributed by atoms with Crippen LogP contribution in [-0.4, -0.2) is 0 Å². The molecule has 0 aliphatic carbocycles. The van der Waals surface area contributed by atoms with E-state index < -0.39 is 0 Å². The van der Waals surface area contributed by atoms with Gasteiger partial charge in [-0.1, -0.05) is 0 Å². The second-order valence-electron chi connectivity index (χ2n) is 3.77. The van der Waals surface area contributed by atoms with E-state index >= 15 is 0 Å². The highest BCUT2D eigenvalue weighted by Gasteiger charge is 2.05. The number of halogens is 2. The summed E-state index contributed by atoms with van der Waals surface area (Å²) < 4.78 is 14.3. The number of benzene rings is 1. The van der Waals surface area contributed by atoms with Crippen molar-refractivity contribution in [3.8, 4) is 0 Å². The molecule has 2 aromatic rings. The van der Waals surface area contributed by atoms with Gasteiger partial charge in [0.25, 0.3) is 0 Å². The number of rotatable bonds is 3. The van der Waals surface area contributed by atoms with Crippen LogP contribution >= 0.6 is 27.3 Å². The molecule has 1 aromatic carbocycles.